The molecule has 1 fully saturated rings. The number of aromatic nitrogens is 3. The molecule has 116 valence electrons. The van der Waals surface area contributed by atoms with Crippen LogP contribution in [0.2, 0.25) is 0 Å². The lowest BCUT2D eigenvalue weighted by molar-refractivity contribution is -0.136. The Morgan fingerprint density at radius 3 is 2.95 bits per heavy atom. The molecule has 3 rings (SSSR count). The number of aliphatic hydroxyl groups is 1. The third-order valence-corrected chi connectivity index (χ3v) is 3.83. The molecular formula is C15H18N4O3. The summed E-state index contributed by atoms with van der Waals surface area (Å²) in [5.41, 5.74) is 0.367. The Labute approximate surface area is 127 Å². The van der Waals surface area contributed by atoms with Gasteiger partial charge in [-0.2, -0.15) is 15.4 Å². The Balaban J connectivity index is 1.49. The summed E-state index contributed by atoms with van der Waals surface area (Å²) in [6.07, 6.45) is 1.93. The Morgan fingerprint density at radius 1 is 1.41 bits per heavy atom. The number of carbonyl (C=O) groups excluding carboxylic acids is 1. The molecule has 7 heteroatoms. The van der Waals surface area contributed by atoms with Crippen molar-refractivity contribution >= 4 is 5.91 Å². The van der Waals surface area contributed by atoms with Crippen LogP contribution < -0.4 is 0 Å². The standard InChI is InChI=1S/C15H18N4O3/c20-14(10-22-9-12-4-2-1-3-5-12)19-7-6-15(21,11-19)13-8-16-18-17-13/h1-5,8,21H,6-7,9-11H2,(H,16,17,18). The van der Waals surface area contributed by atoms with E-state index in [1.807, 2.05) is 30.3 Å². The molecule has 1 amide bonds. The topological polar surface area (TPSA) is 91.3 Å². The molecular weight excluding hydrogens is 284 g/mol. The van der Waals surface area contributed by atoms with Crippen molar-refractivity contribution in [3.63, 3.8) is 0 Å². The van der Waals surface area contributed by atoms with Crippen molar-refractivity contribution in [3.8, 4) is 0 Å². The van der Waals surface area contributed by atoms with Gasteiger partial charge in [0.15, 0.2) is 0 Å². The number of ether oxygens (including phenoxy) is 1. The quantitative estimate of drug-likeness (QED) is 0.836. The second kappa shape index (κ2) is 6.25. The SMILES string of the molecule is O=C(COCc1ccccc1)N1CCC(O)(c2cn[nH]n2)C1. The van der Waals surface area contributed by atoms with Crippen LogP contribution in [0.4, 0.5) is 0 Å². The molecule has 1 unspecified atom stereocenters. The summed E-state index contributed by atoms with van der Waals surface area (Å²) in [4.78, 5) is 13.7. The molecule has 22 heavy (non-hydrogen) atoms. The summed E-state index contributed by atoms with van der Waals surface area (Å²) in [7, 11) is 0. The molecule has 1 aromatic heterocycles. The zero-order chi connectivity index (χ0) is 15.4. The predicted octanol–water partition coefficient (Wildman–Crippen LogP) is 0.441. The molecule has 0 aliphatic carbocycles. The Hall–Kier alpha value is -2.25. The maximum atomic E-state index is 12.1. The third kappa shape index (κ3) is 3.15. The number of amides is 1. The normalized spacial score (nSPS) is 21.2. The second-order valence-electron chi connectivity index (χ2n) is 5.43. The summed E-state index contributed by atoms with van der Waals surface area (Å²) in [6, 6.07) is 9.69. The summed E-state index contributed by atoms with van der Waals surface area (Å²) < 4.78 is 5.45. The van der Waals surface area contributed by atoms with Gasteiger partial charge in [0.1, 0.15) is 17.9 Å². The van der Waals surface area contributed by atoms with Gasteiger partial charge in [-0.25, -0.2) is 0 Å². The highest BCUT2D eigenvalue weighted by Crippen LogP contribution is 2.30. The van der Waals surface area contributed by atoms with Crippen molar-refractivity contribution in [2.75, 3.05) is 19.7 Å². The summed E-state index contributed by atoms with van der Waals surface area (Å²) >= 11 is 0. The highest BCUT2D eigenvalue weighted by Gasteiger charge is 2.41. The molecule has 7 nitrogen and oxygen atoms in total. The average molecular weight is 302 g/mol. The predicted molar refractivity (Wildman–Crippen MR) is 77.6 cm³/mol. The molecule has 0 saturated carbocycles. The van der Waals surface area contributed by atoms with Crippen LogP contribution in [0.1, 0.15) is 17.7 Å². The maximum Gasteiger partial charge on any atom is 0.248 e. The van der Waals surface area contributed by atoms with Crippen LogP contribution in [0.25, 0.3) is 0 Å². The number of nitrogens with one attached hydrogen (secondary N) is 1. The summed E-state index contributed by atoms with van der Waals surface area (Å²) in [6.45, 7) is 1.10. The third-order valence-electron chi connectivity index (χ3n) is 3.83. The van der Waals surface area contributed by atoms with Crippen LogP contribution in [0.3, 0.4) is 0 Å². The van der Waals surface area contributed by atoms with Crippen LogP contribution >= 0.6 is 0 Å². The maximum absolute atomic E-state index is 12.1. The minimum Gasteiger partial charge on any atom is -0.381 e. The molecule has 1 aliphatic rings. The lowest BCUT2D eigenvalue weighted by atomic mass is 10.0. The van der Waals surface area contributed by atoms with Gasteiger partial charge in [-0.15, -0.1) is 0 Å². The van der Waals surface area contributed by atoms with E-state index in [0.29, 0.717) is 25.3 Å². The number of hydrogen-bond donors (Lipinski definition) is 2. The monoisotopic (exact) mass is 302 g/mol. The van der Waals surface area contributed by atoms with Gasteiger partial charge in [-0.3, -0.25) is 4.79 Å². The summed E-state index contributed by atoms with van der Waals surface area (Å²) in [5.74, 6) is -0.129. The van der Waals surface area contributed by atoms with Gasteiger partial charge in [0.2, 0.25) is 5.91 Å². The highest BCUT2D eigenvalue weighted by molar-refractivity contribution is 5.77. The fourth-order valence-electron chi connectivity index (χ4n) is 2.56. The average Bonchev–Trinajstić information content (AvgIpc) is 3.18. The first-order valence-electron chi connectivity index (χ1n) is 7.15. The number of likely N-dealkylation sites (tertiary alicyclic amines) is 1. The minimum absolute atomic E-state index is 0.00376. The van der Waals surface area contributed by atoms with Crippen molar-refractivity contribution in [3.05, 3.63) is 47.8 Å². The van der Waals surface area contributed by atoms with E-state index in [0.717, 1.165) is 5.56 Å². The van der Waals surface area contributed by atoms with Crippen molar-refractivity contribution in [1.29, 1.82) is 0 Å². The van der Waals surface area contributed by atoms with Crippen molar-refractivity contribution in [1.82, 2.24) is 20.3 Å². The van der Waals surface area contributed by atoms with Gasteiger partial charge in [0.05, 0.1) is 19.3 Å². The van der Waals surface area contributed by atoms with Crippen molar-refractivity contribution in [2.45, 2.75) is 18.6 Å². The molecule has 0 radical (unpaired) electrons. The molecule has 2 aromatic rings. The van der Waals surface area contributed by atoms with E-state index < -0.39 is 5.60 Å². The number of hydrogen-bond acceptors (Lipinski definition) is 5. The van der Waals surface area contributed by atoms with Gasteiger partial charge >= 0.3 is 0 Å². The van der Waals surface area contributed by atoms with E-state index in [4.69, 9.17) is 4.74 Å². The zero-order valence-electron chi connectivity index (χ0n) is 12.1. The molecule has 2 heterocycles. The van der Waals surface area contributed by atoms with Gasteiger partial charge in [0, 0.05) is 13.0 Å². The Morgan fingerprint density at radius 2 is 2.23 bits per heavy atom. The fraction of sp³-hybridized carbons (Fsp3) is 0.400. The Bertz CT molecular complexity index is 617. The van der Waals surface area contributed by atoms with Gasteiger partial charge in [-0.05, 0) is 5.56 Å². The van der Waals surface area contributed by atoms with Crippen LogP contribution in [0, 0.1) is 0 Å². The molecule has 2 N–H and O–H groups in total. The van der Waals surface area contributed by atoms with E-state index in [2.05, 4.69) is 15.4 Å². The molecule has 1 aliphatic heterocycles. The van der Waals surface area contributed by atoms with Gasteiger partial charge < -0.3 is 14.7 Å². The largest absolute Gasteiger partial charge is 0.381 e. The lowest BCUT2D eigenvalue weighted by Crippen LogP contribution is -2.36. The Kier molecular flexibility index (Phi) is 4.17. The van der Waals surface area contributed by atoms with Crippen molar-refractivity contribution < 1.29 is 14.6 Å². The molecule has 0 bridgehead atoms. The fourth-order valence-corrected chi connectivity index (χ4v) is 2.56. The van der Waals surface area contributed by atoms with E-state index >= 15 is 0 Å². The zero-order valence-corrected chi connectivity index (χ0v) is 12.1. The first kappa shape index (κ1) is 14.7. The molecule has 1 saturated heterocycles. The van der Waals surface area contributed by atoms with Crippen molar-refractivity contribution in [2.24, 2.45) is 0 Å². The molecule has 1 atom stereocenters. The summed E-state index contributed by atoms with van der Waals surface area (Å²) in [5, 5.41) is 20.6. The number of β-amino-alcohol motifs (C(OH)–C–C–N with tert-alkyl or cyclic N) is 1. The minimum atomic E-state index is -1.12. The van der Waals surface area contributed by atoms with Crippen LogP contribution in [0.15, 0.2) is 36.5 Å². The number of benzene rings is 1. The van der Waals surface area contributed by atoms with E-state index in [1.165, 1.54) is 6.20 Å². The number of carbonyl (C=O) groups is 1. The lowest BCUT2D eigenvalue weighted by Gasteiger charge is -2.21. The molecule has 0 spiro atoms. The van der Waals surface area contributed by atoms with Crippen LogP contribution in [0.5, 0.6) is 0 Å². The number of H-pyrrole nitrogens is 1. The van der Waals surface area contributed by atoms with E-state index in [9.17, 15) is 9.90 Å². The van der Waals surface area contributed by atoms with Crippen LogP contribution in [-0.2, 0) is 21.7 Å². The van der Waals surface area contributed by atoms with Gasteiger partial charge in [0.25, 0.3) is 0 Å². The first-order chi connectivity index (χ1) is 10.7. The number of rotatable bonds is 5. The van der Waals surface area contributed by atoms with E-state index in [-0.39, 0.29) is 19.1 Å². The number of aromatic amines is 1. The number of nitrogens with zero attached hydrogens (tertiary/aromatic N) is 3. The first-order valence-corrected chi connectivity index (χ1v) is 7.15. The smallest absolute Gasteiger partial charge is 0.248 e. The van der Waals surface area contributed by atoms with Crippen LogP contribution in [-0.4, -0.2) is 51.0 Å². The second-order valence-corrected chi connectivity index (χ2v) is 5.43. The van der Waals surface area contributed by atoms with E-state index in [1.54, 1.807) is 4.90 Å². The highest BCUT2D eigenvalue weighted by atomic mass is 16.5. The molecule has 1 aromatic carbocycles. The van der Waals surface area contributed by atoms with Gasteiger partial charge in [-0.1, -0.05) is 30.3 Å².